The van der Waals surface area contributed by atoms with Crippen LogP contribution in [0, 0.1) is 0 Å². The molecule has 0 unspecified atom stereocenters. The monoisotopic (exact) mass is 487 g/mol. The molecule has 0 aliphatic carbocycles. The van der Waals surface area contributed by atoms with Gasteiger partial charge in [-0.1, -0.05) is 23.2 Å². The number of amides is 1. The summed E-state index contributed by atoms with van der Waals surface area (Å²) in [6.07, 6.45) is 0. The molecular formula is C22H19Cl2N5O4. The second kappa shape index (κ2) is 9.93. The van der Waals surface area contributed by atoms with Gasteiger partial charge in [-0.05, 0) is 36.4 Å². The molecule has 0 radical (unpaired) electrons. The molecule has 4 rings (SSSR count). The van der Waals surface area contributed by atoms with Gasteiger partial charge in [-0.15, -0.1) is 15.3 Å². The van der Waals surface area contributed by atoms with Crippen molar-refractivity contribution in [3.63, 3.8) is 0 Å². The van der Waals surface area contributed by atoms with E-state index in [2.05, 4.69) is 20.6 Å². The molecule has 0 saturated heterocycles. The molecule has 0 saturated carbocycles. The summed E-state index contributed by atoms with van der Waals surface area (Å²) in [5.74, 6) is 1.73. The molecule has 4 aromatic rings. The lowest BCUT2D eigenvalue weighted by Gasteiger charge is -2.10. The Morgan fingerprint density at radius 1 is 1.03 bits per heavy atom. The molecule has 1 amide bonds. The number of carbonyl (C=O) groups is 1. The van der Waals surface area contributed by atoms with Crippen molar-refractivity contribution in [2.24, 2.45) is 0 Å². The van der Waals surface area contributed by atoms with Crippen LogP contribution >= 0.6 is 23.2 Å². The van der Waals surface area contributed by atoms with Crippen molar-refractivity contribution in [1.29, 1.82) is 0 Å². The molecular weight excluding hydrogens is 469 g/mol. The van der Waals surface area contributed by atoms with Crippen molar-refractivity contribution in [2.75, 3.05) is 27.4 Å². The lowest BCUT2D eigenvalue weighted by Crippen LogP contribution is -2.28. The summed E-state index contributed by atoms with van der Waals surface area (Å²) in [4.78, 5) is 12.3. The van der Waals surface area contributed by atoms with Gasteiger partial charge in [0.2, 0.25) is 5.88 Å². The van der Waals surface area contributed by atoms with E-state index in [1.165, 1.54) is 6.07 Å². The third-order valence-corrected chi connectivity index (χ3v) is 5.25. The molecule has 2 aromatic heterocycles. The van der Waals surface area contributed by atoms with Gasteiger partial charge in [-0.25, -0.2) is 0 Å². The first-order valence-electron chi connectivity index (χ1n) is 9.81. The fourth-order valence-corrected chi connectivity index (χ4v) is 3.58. The predicted octanol–water partition coefficient (Wildman–Crippen LogP) is 3.92. The largest absolute Gasteiger partial charge is 0.497 e. The molecule has 0 aliphatic heterocycles. The average Bonchev–Trinajstić information content (AvgIpc) is 3.24. The minimum atomic E-state index is -0.323. The molecule has 1 N–H and O–H groups in total. The van der Waals surface area contributed by atoms with E-state index in [1.807, 2.05) is 6.07 Å². The molecule has 9 nitrogen and oxygen atoms in total. The maximum absolute atomic E-state index is 12.3. The van der Waals surface area contributed by atoms with Crippen LogP contribution in [-0.2, 0) is 0 Å². The number of hydrogen-bond acceptors (Lipinski definition) is 7. The summed E-state index contributed by atoms with van der Waals surface area (Å²) in [7, 11) is 3.15. The molecule has 0 bridgehead atoms. The first kappa shape index (κ1) is 22.6. The number of carbonyl (C=O) groups excluding carboxylic acids is 1. The first-order valence-corrected chi connectivity index (χ1v) is 10.6. The van der Waals surface area contributed by atoms with Crippen LogP contribution in [0.15, 0.2) is 48.5 Å². The topological polar surface area (TPSA) is 99.9 Å². The second-order valence-electron chi connectivity index (χ2n) is 6.76. The minimum Gasteiger partial charge on any atom is -0.497 e. The zero-order valence-electron chi connectivity index (χ0n) is 17.7. The maximum Gasteiger partial charge on any atom is 0.252 e. The fourth-order valence-electron chi connectivity index (χ4n) is 3.09. The Kier molecular flexibility index (Phi) is 6.81. The standard InChI is InChI=1S/C22H19Cl2N5O4/c1-31-14-4-6-16(18(12-14)32-2)21-27-26-19-7-8-20(28-29(19)21)33-10-9-25-22(30)15-5-3-13(23)11-17(15)24/h3-8,11-12H,9-10H2,1-2H3,(H,25,30). The number of ether oxygens (including phenoxy) is 3. The predicted molar refractivity (Wildman–Crippen MR) is 124 cm³/mol. The zero-order chi connectivity index (χ0) is 23.4. The number of rotatable bonds is 8. The molecule has 33 heavy (non-hydrogen) atoms. The number of nitrogens with zero attached hydrogens (tertiary/aromatic N) is 4. The Labute approximate surface area is 199 Å². The first-order chi connectivity index (χ1) is 16.0. The van der Waals surface area contributed by atoms with Gasteiger partial charge in [0.15, 0.2) is 11.5 Å². The molecule has 2 aromatic carbocycles. The highest BCUT2D eigenvalue weighted by Crippen LogP contribution is 2.32. The van der Waals surface area contributed by atoms with E-state index in [4.69, 9.17) is 37.4 Å². The molecule has 0 atom stereocenters. The Balaban J connectivity index is 1.45. The highest BCUT2D eigenvalue weighted by atomic mass is 35.5. The van der Waals surface area contributed by atoms with Crippen molar-refractivity contribution >= 4 is 34.8 Å². The summed E-state index contributed by atoms with van der Waals surface area (Å²) in [5.41, 5.74) is 1.58. The number of benzene rings is 2. The molecule has 170 valence electrons. The highest BCUT2D eigenvalue weighted by Gasteiger charge is 2.16. The average molecular weight is 488 g/mol. The van der Waals surface area contributed by atoms with E-state index in [-0.39, 0.29) is 24.1 Å². The number of methoxy groups -OCH3 is 2. The van der Waals surface area contributed by atoms with Crippen LogP contribution in [0.4, 0.5) is 0 Å². The van der Waals surface area contributed by atoms with Crippen molar-refractivity contribution < 1.29 is 19.0 Å². The van der Waals surface area contributed by atoms with Gasteiger partial charge in [0, 0.05) is 17.2 Å². The quantitative estimate of drug-likeness (QED) is 0.375. The van der Waals surface area contributed by atoms with E-state index >= 15 is 0 Å². The lowest BCUT2D eigenvalue weighted by molar-refractivity contribution is 0.0946. The van der Waals surface area contributed by atoms with Crippen LogP contribution in [0.1, 0.15) is 10.4 Å². The van der Waals surface area contributed by atoms with Crippen molar-refractivity contribution in [3.8, 4) is 28.8 Å². The third-order valence-electron chi connectivity index (χ3n) is 4.70. The highest BCUT2D eigenvalue weighted by molar-refractivity contribution is 6.36. The number of fused-ring (bicyclic) bond motifs is 1. The van der Waals surface area contributed by atoms with E-state index < -0.39 is 0 Å². The minimum absolute atomic E-state index is 0.193. The van der Waals surface area contributed by atoms with E-state index in [1.54, 1.807) is 55.1 Å². The Morgan fingerprint density at radius 2 is 1.88 bits per heavy atom. The third kappa shape index (κ3) is 4.94. The van der Waals surface area contributed by atoms with Crippen LogP contribution in [-0.4, -0.2) is 53.1 Å². The van der Waals surface area contributed by atoms with Gasteiger partial charge < -0.3 is 19.5 Å². The van der Waals surface area contributed by atoms with Gasteiger partial charge >= 0.3 is 0 Å². The van der Waals surface area contributed by atoms with E-state index in [0.717, 1.165) is 0 Å². The molecule has 2 heterocycles. The summed E-state index contributed by atoms with van der Waals surface area (Å²) in [6.45, 7) is 0.442. The second-order valence-corrected chi connectivity index (χ2v) is 7.60. The van der Waals surface area contributed by atoms with Crippen LogP contribution in [0.25, 0.3) is 17.0 Å². The molecule has 11 heteroatoms. The summed E-state index contributed by atoms with van der Waals surface area (Å²) in [6, 6.07) is 13.5. The molecule has 0 spiro atoms. The SMILES string of the molecule is COc1ccc(-c2nnc3ccc(OCCNC(=O)c4ccc(Cl)cc4Cl)nn23)c(OC)c1. The Morgan fingerprint density at radius 3 is 2.64 bits per heavy atom. The Hall–Kier alpha value is -3.56. The number of nitrogens with one attached hydrogen (secondary N) is 1. The van der Waals surface area contributed by atoms with Gasteiger partial charge in [0.1, 0.15) is 18.1 Å². The van der Waals surface area contributed by atoms with Crippen molar-refractivity contribution in [2.45, 2.75) is 0 Å². The normalized spacial score (nSPS) is 10.8. The van der Waals surface area contributed by atoms with E-state index in [9.17, 15) is 4.79 Å². The van der Waals surface area contributed by atoms with Gasteiger partial charge in [-0.3, -0.25) is 4.79 Å². The van der Waals surface area contributed by atoms with Crippen LogP contribution in [0.5, 0.6) is 17.4 Å². The smallest absolute Gasteiger partial charge is 0.252 e. The summed E-state index contributed by atoms with van der Waals surface area (Å²) < 4.78 is 18.0. The van der Waals surface area contributed by atoms with Crippen LogP contribution in [0.2, 0.25) is 10.0 Å². The van der Waals surface area contributed by atoms with Crippen LogP contribution < -0.4 is 19.5 Å². The van der Waals surface area contributed by atoms with Gasteiger partial charge in [-0.2, -0.15) is 4.52 Å². The zero-order valence-corrected chi connectivity index (χ0v) is 19.2. The van der Waals surface area contributed by atoms with Gasteiger partial charge in [0.25, 0.3) is 5.91 Å². The Bertz CT molecular complexity index is 1310. The summed E-state index contributed by atoms with van der Waals surface area (Å²) >= 11 is 11.9. The summed E-state index contributed by atoms with van der Waals surface area (Å²) in [5, 5.41) is 16.3. The lowest BCUT2D eigenvalue weighted by atomic mass is 10.2. The van der Waals surface area contributed by atoms with E-state index in [0.29, 0.717) is 45.0 Å². The number of halogens is 2. The van der Waals surface area contributed by atoms with Crippen molar-refractivity contribution in [3.05, 3.63) is 64.1 Å². The van der Waals surface area contributed by atoms with Crippen LogP contribution in [0.3, 0.4) is 0 Å². The maximum atomic E-state index is 12.3. The molecule has 0 fully saturated rings. The van der Waals surface area contributed by atoms with Gasteiger partial charge in [0.05, 0.1) is 36.9 Å². The fraction of sp³-hybridized carbons (Fsp3) is 0.182. The number of hydrogen-bond donors (Lipinski definition) is 1. The van der Waals surface area contributed by atoms with Crippen molar-refractivity contribution in [1.82, 2.24) is 25.1 Å². The number of aromatic nitrogens is 4. The molecule has 0 aliphatic rings.